The van der Waals surface area contributed by atoms with Crippen LogP contribution in [0.25, 0.3) is 0 Å². The molecule has 1 amide bonds. The molecule has 0 saturated carbocycles. The van der Waals surface area contributed by atoms with Crippen LogP contribution in [-0.2, 0) is 19.7 Å². The van der Waals surface area contributed by atoms with Crippen molar-refractivity contribution in [1.29, 1.82) is 0 Å². The SMILES string of the molecule is CC(C)(CCNC(=O)C1(c2ccc(F)cc2)CCOCC1)C(=O)O. The van der Waals surface area contributed by atoms with Gasteiger partial charge in [-0.2, -0.15) is 0 Å². The molecule has 0 aliphatic carbocycles. The molecule has 1 aromatic carbocycles. The second-order valence-corrected chi connectivity index (χ2v) is 6.90. The van der Waals surface area contributed by atoms with Gasteiger partial charge in [-0.05, 0) is 50.8 Å². The van der Waals surface area contributed by atoms with E-state index in [1.807, 2.05) is 0 Å². The molecule has 1 aliphatic heterocycles. The maximum absolute atomic E-state index is 13.2. The van der Waals surface area contributed by atoms with Gasteiger partial charge in [-0.15, -0.1) is 0 Å². The molecule has 1 fully saturated rings. The molecule has 1 aromatic rings. The van der Waals surface area contributed by atoms with Crippen molar-refractivity contribution >= 4 is 11.9 Å². The predicted octanol–water partition coefficient (Wildman–Crippen LogP) is 2.49. The van der Waals surface area contributed by atoms with Gasteiger partial charge in [0.2, 0.25) is 5.91 Å². The predicted molar refractivity (Wildman–Crippen MR) is 87.2 cm³/mol. The Balaban J connectivity index is 2.11. The van der Waals surface area contributed by atoms with Crippen molar-refractivity contribution in [2.24, 2.45) is 5.41 Å². The smallest absolute Gasteiger partial charge is 0.309 e. The van der Waals surface area contributed by atoms with Crippen molar-refractivity contribution in [2.75, 3.05) is 19.8 Å². The zero-order chi connectivity index (χ0) is 17.8. The molecule has 0 unspecified atom stereocenters. The van der Waals surface area contributed by atoms with E-state index in [2.05, 4.69) is 5.32 Å². The zero-order valence-electron chi connectivity index (χ0n) is 14.1. The lowest BCUT2D eigenvalue weighted by Gasteiger charge is -2.36. The number of carboxylic acid groups (broad SMARTS) is 1. The third kappa shape index (κ3) is 3.93. The third-order valence-electron chi connectivity index (χ3n) is 4.79. The maximum atomic E-state index is 13.2. The highest BCUT2D eigenvalue weighted by Crippen LogP contribution is 2.35. The van der Waals surface area contributed by atoms with Gasteiger partial charge in [-0.25, -0.2) is 4.39 Å². The van der Waals surface area contributed by atoms with Crippen molar-refractivity contribution in [2.45, 2.75) is 38.5 Å². The highest BCUT2D eigenvalue weighted by Gasteiger charge is 2.41. The summed E-state index contributed by atoms with van der Waals surface area (Å²) < 4.78 is 18.6. The number of amides is 1. The Morgan fingerprint density at radius 2 is 1.83 bits per heavy atom. The van der Waals surface area contributed by atoms with Crippen molar-refractivity contribution in [1.82, 2.24) is 5.32 Å². The van der Waals surface area contributed by atoms with Gasteiger partial charge in [0.1, 0.15) is 5.82 Å². The Morgan fingerprint density at radius 3 is 2.38 bits per heavy atom. The monoisotopic (exact) mass is 337 g/mol. The van der Waals surface area contributed by atoms with Gasteiger partial charge in [0.15, 0.2) is 0 Å². The summed E-state index contributed by atoms with van der Waals surface area (Å²) in [6, 6.07) is 5.99. The van der Waals surface area contributed by atoms with E-state index in [0.717, 1.165) is 5.56 Å². The van der Waals surface area contributed by atoms with Crippen LogP contribution in [0.4, 0.5) is 4.39 Å². The molecule has 1 aliphatic rings. The molecule has 0 aromatic heterocycles. The fourth-order valence-corrected chi connectivity index (χ4v) is 2.90. The number of rotatable bonds is 6. The number of carbonyl (C=O) groups excluding carboxylic acids is 1. The lowest BCUT2D eigenvalue weighted by atomic mass is 9.73. The van der Waals surface area contributed by atoms with Crippen LogP contribution in [0.2, 0.25) is 0 Å². The van der Waals surface area contributed by atoms with Crippen LogP contribution in [0.1, 0.15) is 38.7 Å². The number of ether oxygens (including phenoxy) is 1. The summed E-state index contributed by atoms with van der Waals surface area (Å²) >= 11 is 0. The highest BCUT2D eigenvalue weighted by molar-refractivity contribution is 5.88. The Kier molecular flexibility index (Phi) is 5.59. The molecule has 2 rings (SSSR count). The number of carbonyl (C=O) groups is 2. The Bertz CT molecular complexity index is 592. The van der Waals surface area contributed by atoms with Crippen LogP contribution in [0.15, 0.2) is 24.3 Å². The molecule has 1 saturated heterocycles. The fourth-order valence-electron chi connectivity index (χ4n) is 2.90. The number of halogens is 1. The molecule has 0 radical (unpaired) electrons. The molecule has 1 heterocycles. The van der Waals surface area contributed by atoms with Crippen molar-refractivity contribution < 1.29 is 23.8 Å². The zero-order valence-corrected chi connectivity index (χ0v) is 14.1. The van der Waals surface area contributed by atoms with E-state index in [9.17, 15) is 14.0 Å². The number of carboxylic acids is 1. The molecule has 24 heavy (non-hydrogen) atoms. The van der Waals surface area contributed by atoms with Crippen LogP contribution >= 0.6 is 0 Å². The van der Waals surface area contributed by atoms with Gasteiger partial charge in [0, 0.05) is 19.8 Å². The Labute approximate surface area is 141 Å². The summed E-state index contributed by atoms with van der Waals surface area (Å²) in [5.74, 6) is -1.39. The van der Waals surface area contributed by atoms with Gasteiger partial charge in [0.05, 0.1) is 10.8 Å². The van der Waals surface area contributed by atoms with E-state index in [4.69, 9.17) is 9.84 Å². The Morgan fingerprint density at radius 1 is 1.25 bits per heavy atom. The summed E-state index contributed by atoms with van der Waals surface area (Å²) in [6.45, 7) is 4.47. The summed E-state index contributed by atoms with van der Waals surface area (Å²) in [5.41, 5.74) is -0.882. The van der Waals surface area contributed by atoms with Crippen LogP contribution < -0.4 is 5.32 Å². The molecular weight excluding hydrogens is 313 g/mol. The minimum absolute atomic E-state index is 0.154. The van der Waals surface area contributed by atoms with Gasteiger partial charge in [-0.3, -0.25) is 9.59 Å². The topological polar surface area (TPSA) is 75.6 Å². The lowest BCUT2D eigenvalue weighted by Crippen LogP contribution is -2.48. The minimum atomic E-state index is -0.897. The molecule has 132 valence electrons. The van der Waals surface area contributed by atoms with Crippen LogP contribution in [-0.4, -0.2) is 36.7 Å². The maximum Gasteiger partial charge on any atom is 0.309 e. The van der Waals surface area contributed by atoms with Crippen molar-refractivity contribution in [3.63, 3.8) is 0 Å². The first-order valence-corrected chi connectivity index (χ1v) is 8.13. The average Bonchev–Trinajstić information content (AvgIpc) is 2.55. The van der Waals surface area contributed by atoms with Gasteiger partial charge in [-0.1, -0.05) is 12.1 Å². The minimum Gasteiger partial charge on any atom is -0.481 e. The van der Waals surface area contributed by atoms with E-state index in [-0.39, 0.29) is 18.3 Å². The molecule has 0 spiro atoms. The normalized spacial score (nSPS) is 17.3. The number of benzene rings is 1. The highest BCUT2D eigenvalue weighted by atomic mass is 19.1. The number of hydrogen-bond acceptors (Lipinski definition) is 3. The van der Waals surface area contributed by atoms with Crippen molar-refractivity contribution in [3.05, 3.63) is 35.6 Å². The molecule has 2 N–H and O–H groups in total. The van der Waals surface area contributed by atoms with E-state index >= 15 is 0 Å². The van der Waals surface area contributed by atoms with E-state index in [1.165, 1.54) is 12.1 Å². The van der Waals surface area contributed by atoms with E-state index < -0.39 is 16.8 Å². The van der Waals surface area contributed by atoms with E-state index in [0.29, 0.717) is 32.5 Å². The third-order valence-corrected chi connectivity index (χ3v) is 4.79. The van der Waals surface area contributed by atoms with Crippen molar-refractivity contribution in [3.8, 4) is 0 Å². The summed E-state index contributed by atoms with van der Waals surface area (Å²) in [5, 5.41) is 12.0. The van der Waals surface area contributed by atoms with Gasteiger partial charge >= 0.3 is 5.97 Å². The number of hydrogen-bond donors (Lipinski definition) is 2. The number of aliphatic carboxylic acids is 1. The molecule has 0 atom stereocenters. The molecular formula is C18H24FNO4. The quantitative estimate of drug-likeness (QED) is 0.836. The van der Waals surface area contributed by atoms with E-state index in [1.54, 1.807) is 26.0 Å². The molecule has 6 heteroatoms. The summed E-state index contributed by atoms with van der Waals surface area (Å²) in [7, 11) is 0. The van der Waals surface area contributed by atoms with Gasteiger partial charge < -0.3 is 15.2 Å². The average molecular weight is 337 g/mol. The Hall–Kier alpha value is -1.95. The first-order chi connectivity index (χ1) is 11.3. The first-order valence-electron chi connectivity index (χ1n) is 8.13. The van der Waals surface area contributed by atoms with Crippen LogP contribution in [0.3, 0.4) is 0 Å². The summed E-state index contributed by atoms with van der Waals surface area (Å²) in [6.07, 6.45) is 1.38. The standard InChI is InChI=1S/C18H24FNO4/c1-17(2,16(22)23)7-10-20-15(21)18(8-11-24-12-9-18)13-3-5-14(19)6-4-13/h3-6H,7-12H2,1-2H3,(H,20,21)(H,22,23). The van der Waals surface area contributed by atoms with Gasteiger partial charge in [0.25, 0.3) is 0 Å². The first kappa shape index (κ1) is 18.4. The molecule has 0 bridgehead atoms. The second-order valence-electron chi connectivity index (χ2n) is 6.90. The van der Waals surface area contributed by atoms with Crippen LogP contribution in [0.5, 0.6) is 0 Å². The largest absolute Gasteiger partial charge is 0.481 e. The molecule has 5 nitrogen and oxygen atoms in total. The summed E-state index contributed by atoms with van der Waals surface area (Å²) in [4.78, 5) is 24.0. The van der Waals surface area contributed by atoms with Crippen LogP contribution in [0, 0.1) is 11.2 Å². The fraction of sp³-hybridized carbons (Fsp3) is 0.556. The lowest BCUT2D eigenvalue weighted by molar-refractivity contribution is -0.147. The second kappa shape index (κ2) is 7.30. The number of nitrogens with one attached hydrogen (secondary N) is 1.